The fourth-order valence-electron chi connectivity index (χ4n) is 2.96. The fourth-order valence-corrected chi connectivity index (χ4v) is 3.09. The van der Waals surface area contributed by atoms with Crippen molar-refractivity contribution in [3.63, 3.8) is 0 Å². The lowest BCUT2D eigenvalue weighted by atomic mass is 9.99. The first-order chi connectivity index (χ1) is 11.2. The first-order valence-electron chi connectivity index (χ1n) is 8.62. The number of likely N-dealkylation sites (tertiary alicyclic amines) is 1. The van der Waals surface area contributed by atoms with Crippen LogP contribution in [0.5, 0.6) is 0 Å². The predicted octanol–water partition coefficient (Wildman–Crippen LogP) is 3.40. The maximum atomic E-state index is 5.91. The Hall–Kier alpha value is -0.530. The van der Waals surface area contributed by atoms with Crippen molar-refractivity contribution in [2.24, 2.45) is 10.9 Å². The fraction of sp³-hybridized carbons (Fsp3) is 0.611. The van der Waals surface area contributed by atoms with E-state index >= 15 is 0 Å². The van der Waals surface area contributed by atoms with E-state index in [1.807, 2.05) is 12.1 Å². The molecule has 24 heavy (non-hydrogen) atoms. The van der Waals surface area contributed by atoms with Crippen molar-refractivity contribution in [1.29, 1.82) is 0 Å². The van der Waals surface area contributed by atoms with Gasteiger partial charge >= 0.3 is 0 Å². The molecule has 136 valence electrons. The molecule has 1 aliphatic rings. The van der Waals surface area contributed by atoms with Crippen LogP contribution in [0.25, 0.3) is 0 Å². The van der Waals surface area contributed by atoms with Crippen LogP contribution in [-0.4, -0.2) is 50.6 Å². The summed E-state index contributed by atoms with van der Waals surface area (Å²) in [6, 6.07) is 8.03. The van der Waals surface area contributed by atoms with Crippen molar-refractivity contribution in [2.75, 3.05) is 39.8 Å². The van der Waals surface area contributed by atoms with Gasteiger partial charge in [0.1, 0.15) is 0 Å². The van der Waals surface area contributed by atoms with Gasteiger partial charge in [0.05, 0.1) is 0 Å². The van der Waals surface area contributed by atoms with Crippen molar-refractivity contribution in [3.05, 3.63) is 34.9 Å². The highest BCUT2D eigenvalue weighted by molar-refractivity contribution is 14.0. The second-order valence-electron chi connectivity index (χ2n) is 6.29. The Morgan fingerprint density at radius 1 is 1.29 bits per heavy atom. The van der Waals surface area contributed by atoms with Gasteiger partial charge in [-0.2, -0.15) is 0 Å². The minimum absolute atomic E-state index is 0. The molecule has 2 rings (SSSR count). The molecule has 1 aromatic carbocycles. The van der Waals surface area contributed by atoms with E-state index in [1.54, 1.807) is 0 Å². The Kier molecular flexibility index (Phi) is 10.7. The molecule has 1 unspecified atom stereocenters. The van der Waals surface area contributed by atoms with Crippen LogP contribution in [0, 0.1) is 5.92 Å². The molecule has 1 aromatic rings. The Morgan fingerprint density at radius 3 is 2.71 bits per heavy atom. The van der Waals surface area contributed by atoms with Gasteiger partial charge in [-0.1, -0.05) is 23.7 Å². The molecule has 0 aromatic heterocycles. The number of nitrogens with zero attached hydrogens (tertiary/aromatic N) is 2. The smallest absolute Gasteiger partial charge is 0.191 e. The normalized spacial score (nSPS) is 18.8. The Balaban J connectivity index is 0.00000288. The van der Waals surface area contributed by atoms with E-state index in [-0.39, 0.29) is 24.0 Å². The van der Waals surface area contributed by atoms with Gasteiger partial charge in [0.25, 0.3) is 0 Å². The highest BCUT2D eigenvalue weighted by atomic mass is 127. The Morgan fingerprint density at radius 2 is 2.04 bits per heavy atom. The van der Waals surface area contributed by atoms with Crippen LogP contribution in [0.15, 0.2) is 29.3 Å². The number of aliphatic imine (C=N–C) groups is 1. The molecular formula is C18H30ClIN4. The van der Waals surface area contributed by atoms with Gasteiger partial charge in [0.15, 0.2) is 5.96 Å². The van der Waals surface area contributed by atoms with E-state index in [9.17, 15) is 0 Å². The third kappa shape index (κ3) is 8.03. The monoisotopic (exact) mass is 464 g/mol. The largest absolute Gasteiger partial charge is 0.357 e. The SMILES string of the molecule is CCNC(=NCC1CCCN(C)C1)NCCc1ccc(Cl)cc1.I. The maximum Gasteiger partial charge on any atom is 0.191 e. The maximum absolute atomic E-state index is 5.91. The van der Waals surface area contributed by atoms with Crippen molar-refractivity contribution in [3.8, 4) is 0 Å². The van der Waals surface area contributed by atoms with E-state index in [4.69, 9.17) is 16.6 Å². The van der Waals surface area contributed by atoms with Crippen molar-refractivity contribution in [2.45, 2.75) is 26.2 Å². The highest BCUT2D eigenvalue weighted by Gasteiger charge is 2.16. The summed E-state index contributed by atoms with van der Waals surface area (Å²) in [6.07, 6.45) is 3.54. The average molecular weight is 465 g/mol. The lowest BCUT2D eigenvalue weighted by Gasteiger charge is -2.28. The first kappa shape index (κ1) is 21.5. The molecule has 4 nitrogen and oxygen atoms in total. The topological polar surface area (TPSA) is 39.7 Å². The number of benzene rings is 1. The number of hydrogen-bond acceptors (Lipinski definition) is 2. The number of rotatable bonds is 6. The number of halogens is 2. The summed E-state index contributed by atoms with van der Waals surface area (Å²) in [7, 11) is 2.20. The summed E-state index contributed by atoms with van der Waals surface area (Å²) >= 11 is 5.91. The molecule has 0 aliphatic carbocycles. The molecule has 1 aliphatic heterocycles. The third-order valence-electron chi connectivity index (χ3n) is 4.19. The van der Waals surface area contributed by atoms with Crippen LogP contribution in [0.1, 0.15) is 25.3 Å². The second-order valence-corrected chi connectivity index (χ2v) is 6.73. The van der Waals surface area contributed by atoms with Gasteiger partial charge in [0.2, 0.25) is 0 Å². The molecular weight excluding hydrogens is 435 g/mol. The highest BCUT2D eigenvalue weighted by Crippen LogP contribution is 2.15. The Bertz CT molecular complexity index is 492. The number of nitrogens with one attached hydrogen (secondary N) is 2. The van der Waals surface area contributed by atoms with Crippen LogP contribution in [0.3, 0.4) is 0 Å². The zero-order valence-corrected chi connectivity index (χ0v) is 17.8. The van der Waals surface area contributed by atoms with E-state index in [0.717, 1.165) is 43.6 Å². The van der Waals surface area contributed by atoms with Crippen LogP contribution < -0.4 is 10.6 Å². The van der Waals surface area contributed by atoms with Gasteiger partial charge in [-0.3, -0.25) is 4.99 Å². The molecule has 0 radical (unpaired) electrons. The summed E-state index contributed by atoms with van der Waals surface area (Å²) < 4.78 is 0. The average Bonchev–Trinajstić information content (AvgIpc) is 2.54. The molecule has 0 saturated carbocycles. The quantitative estimate of drug-likeness (QED) is 0.385. The molecule has 1 heterocycles. The van der Waals surface area contributed by atoms with E-state index in [2.05, 4.69) is 41.6 Å². The molecule has 1 atom stereocenters. The first-order valence-corrected chi connectivity index (χ1v) is 9.00. The van der Waals surface area contributed by atoms with Crippen LogP contribution >= 0.6 is 35.6 Å². The summed E-state index contributed by atoms with van der Waals surface area (Å²) in [6.45, 7) is 7.15. The standard InChI is InChI=1S/C18H29ClN4.HI/c1-3-20-18(22-13-16-5-4-12-23(2)14-16)21-11-10-15-6-8-17(19)9-7-15;/h6-9,16H,3-5,10-14H2,1-2H3,(H2,20,21,22);1H. The Labute approximate surface area is 168 Å². The zero-order valence-electron chi connectivity index (χ0n) is 14.7. The third-order valence-corrected chi connectivity index (χ3v) is 4.45. The molecule has 6 heteroatoms. The number of hydrogen-bond donors (Lipinski definition) is 2. The molecule has 0 spiro atoms. The van der Waals surface area contributed by atoms with Gasteiger partial charge in [-0.05, 0) is 63.4 Å². The minimum Gasteiger partial charge on any atom is -0.357 e. The molecule has 2 N–H and O–H groups in total. The van der Waals surface area contributed by atoms with Crippen molar-refractivity contribution < 1.29 is 0 Å². The van der Waals surface area contributed by atoms with Gasteiger partial charge < -0.3 is 15.5 Å². The van der Waals surface area contributed by atoms with Gasteiger partial charge in [0, 0.05) is 31.2 Å². The van der Waals surface area contributed by atoms with E-state index in [0.29, 0.717) is 5.92 Å². The van der Waals surface area contributed by atoms with Crippen LogP contribution in [0.4, 0.5) is 0 Å². The summed E-state index contributed by atoms with van der Waals surface area (Å²) in [4.78, 5) is 7.17. The van der Waals surface area contributed by atoms with E-state index < -0.39 is 0 Å². The molecule has 0 amide bonds. The van der Waals surface area contributed by atoms with Crippen LogP contribution in [-0.2, 0) is 6.42 Å². The van der Waals surface area contributed by atoms with Crippen molar-refractivity contribution in [1.82, 2.24) is 15.5 Å². The minimum atomic E-state index is 0. The summed E-state index contributed by atoms with van der Waals surface area (Å²) in [5, 5.41) is 7.55. The molecule has 0 bridgehead atoms. The summed E-state index contributed by atoms with van der Waals surface area (Å²) in [5.41, 5.74) is 1.28. The number of piperidine rings is 1. The lowest BCUT2D eigenvalue weighted by molar-refractivity contribution is 0.214. The molecule has 1 saturated heterocycles. The van der Waals surface area contributed by atoms with Gasteiger partial charge in [-0.15, -0.1) is 24.0 Å². The number of guanidine groups is 1. The zero-order chi connectivity index (χ0) is 16.5. The lowest BCUT2D eigenvalue weighted by Crippen LogP contribution is -2.39. The van der Waals surface area contributed by atoms with Crippen LogP contribution in [0.2, 0.25) is 5.02 Å². The van der Waals surface area contributed by atoms with E-state index in [1.165, 1.54) is 24.9 Å². The summed E-state index contributed by atoms with van der Waals surface area (Å²) in [5.74, 6) is 1.61. The van der Waals surface area contributed by atoms with Gasteiger partial charge in [-0.25, -0.2) is 0 Å². The second kappa shape index (κ2) is 11.9. The van der Waals surface area contributed by atoms with Crippen molar-refractivity contribution >= 4 is 41.5 Å². The molecule has 1 fully saturated rings. The predicted molar refractivity (Wildman–Crippen MR) is 115 cm³/mol.